The molecule has 7 atom stereocenters. The number of likely N-dealkylation sites (tertiary alicyclic amines) is 1. The Balaban J connectivity index is 1.56. The summed E-state index contributed by atoms with van der Waals surface area (Å²) in [6, 6.07) is -0.681. The van der Waals surface area contributed by atoms with Gasteiger partial charge in [0.15, 0.2) is 0 Å². The first-order valence-corrected chi connectivity index (χ1v) is 14.4. The number of aliphatic hydroxyl groups excluding tert-OH is 1. The molecule has 0 saturated carbocycles. The molecular weight excluding hydrogens is 554 g/mol. The Bertz CT molecular complexity index is 1130. The van der Waals surface area contributed by atoms with Gasteiger partial charge < -0.3 is 29.1 Å². The molecule has 3 amide bonds. The molecule has 0 bridgehead atoms. The fraction of sp³-hybridized carbons (Fsp3) is 0.571. The van der Waals surface area contributed by atoms with Crippen molar-refractivity contribution in [3.63, 3.8) is 0 Å². The second-order valence-electron chi connectivity index (χ2n) is 10.4. The number of hydroxylamine groups is 2. The molecule has 0 spiro atoms. The topological polar surface area (TPSA) is 135 Å². The van der Waals surface area contributed by atoms with Gasteiger partial charge in [-0.2, -0.15) is 5.06 Å². The van der Waals surface area contributed by atoms with Crippen LogP contribution >= 0.6 is 11.8 Å². The molecule has 0 aromatic heterocycles. The van der Waals surface area contributed by atoms with E-state index in [0.717, 1.165) is 5.06 Å². The normalized spacial score (nSPS) is 29.5. The third-order valence-corrected chi connectivity index (χ3v) is 9.20. The summed E-state index contributed by atoms with van der Waals surface area (Å²) >= 11 is 1.43. The standard InChI is InChI=1S/C28H37N3O9S/c1-6-9-37-26(34)23-24(16(4)22-21(17(5)32)25(33)31(22)23)41-19-12-20(29(14-19)27(35)38-10-7-2)18-13-30(40-15-18)28(36)39-11-8-3/h6-8,16-22,32H,1-3,9-15H2,4-5H3/t16-,17-,18+,19+,20+,21-,22-/m1/s1. The molecule has 0 aromatic rings. The van der Waals surface area contributed by atoms with Crippen LogP contribution in [-0.2, 0) is 28.6 Å². The van der Waals surface area contributed by atoms with Crippen LogP contribution in [0.5, 0.6) is 0 Å². The number of rotatable bonds is 11. The molecule has 0 radical (unpaired) electrons. The molecule has 4 aliphatic rings. The number of thioether (sulfide) groups is 1. The van der Waals surface area contributed by atoms with Crippen molar-refractivity contribution in [2.45, 2.75) is 43.7 Å². The first kappa shape index (κ1) is 30.7. The van der Waals surface area contributed by atoms with Crippen LogP contribution in [0.2, 0.25) is 0 Å². The van der Waals surface area contributed by atoms with Crippen LogP contribution in [0.1, 0.15) is 20.3 Å². The third kappa shape index (κ3) is 6.02. The fourth-order valence-electron chi connectivity index (χ4n) is 5.90. The summed E-state index contributed by atoms with van der Waals surface area (Å²) in [4.78, 5) is 60.8. The summed E-state index contributed by atoms with van der Waals surface area (Å²) in [6.07, 6.45) is 2.91. The highest BCUT2D eigenvalue weighted by Gasteiger charge is 2.60. The second kappa shape index (κ2) is 13.1. The average molecular weight is 592 g/mol. The number of carbonyl (C=O) groups excluding carboxylic acids is 4. The lowest BCUT2D eigenvalue weighted by atomic mass is 9.79. The number of hydrogen-bond donors (Lipinski definition) is 1. The minimum absolute atomic E-state index is 0.0109. The fourth-order valence-corrected chi connectivity index (χ4v) is 7.43. The third-order valence-electron chi connectivity index (χ3n) is 7.71. The highest BCUT2D eigenvalue weighted by molar-refractivity contribution is 8.03. The molecule has 0 aromatic carbocycles. The van der Waals surface area contributed by atoms with Crippen molar-refractivity contribution in [3.8, 4) is 0 Å². The Morgan fingerprint density at radius 1 is 1.07 bits per heavy atom. The molecule has 3 fully saturated rings. The predicted octanol–water partition coefficient (Wildman–Crippen LogP) is 2.47. The number of amides is 3. The van der Waals surface area contributed by atoms with Crippen LogP contribution in [0.4, 0.5) is 9.59 Å². The lowest BCUT2D eigenvalue weighted by Gasteiger charge is -2.46. The average Bonchev–Trinajstić information content (AvgIpc) is 3.65. The monoisotopic (exact) mass is 591 g/mol. The SMILES string of the molecule is C=CCOC(=O)C1=C(S[C@H]2C[C@@H]([C@@H]3CON(C(=O)OCC=C)C3)N(C(=O)OCC=C)C2)[C@H](C)[C@@H]2[C@@H]([C@@H](C)O)C(=O)N12. The summed E-state index contributed by atoms with van der Waals surface area (Å²) in [6.45, 7) is 15.0. The van der Waals surface area contributed by atoms with E-state index in [0.29, 0.717) is 17.9 Å². The maximum absolute atomic E-state index is 13.1. The number of hydrogen-bond acceptors (Lipinski definition) is 10. The lowest BCUT2D eigenvalue weighted by Crippen LogP contribution is -2.63. The molecule has 4 rings (SSSR count). The maximum Gasteiger partial charge on any atom is 0.434 e. The Morgan fingerprint density at radius 3 is 2.34 bits per heavy atom. The first-order valence-electron chi connectivity index (χ1n) is 13.6. The first-order chi connectivity index (χ1) is 19.6. The van der Waals surface area contributed by atoms with Crippen molar-refractivity contribution in [1.29, 1.82) is 0 Å². The maximum atomic E-state index is 13.1. The van der Waals surface area contributed by atoms with Gasteiger partial charge in [0.05, 0.1) is 31.2 Å². The Morgan fingerprint density at radius 2 is 1.71 bits per heavy atom. The van der Waals surface area contributed by atoms with Gasteiger partial charge in [-0.15, -0.1) is 11.8 Å². The van der Waals surface area contributed by atoms with Crippen molar-refractivity contribution in [2.24, 2.45) is 17.8 Å². The van der Waals surface area contributed by atoms with Gasteiger partial charge in [0.2, 0.25) is 5.91 Å². The summed E-state index contributed by atoms with van der Waals surface area (Å²) < 4.78 is 15.8. The van der Waals surface area contributed by atoms with E-state index in [4.69, 9.17) is 19.0 Å². The molecule has 41 heavy (non-hydrogen) atoms. The lowest BCUT2D eigenvalue weighted by molar-refractivity contribution is -0.164. The van der Waals surface area contributed by atoms with Crippen molar-refractivity contribution < 1.29 is 43.3 Å². The van der Waals surface area contributed by atoms with Crippen LogP contribution < -0.4 is 0 Å². The number of fused-ring (bicyclic) bond motifs is 1. The van der Waals surface area contributed by atoms with E-state index >= 15 is 0 Å². The largest absolute Gasteiger partial charge is 0.457 e. The van der Waals surface area contributed by atoms with E-state index in [1.165, 1.54) is 34.9 Å². The number of carbonyl (C=O) groups is 4. The quantitative estimate of drug-likeness (QED) is 0.165. The van der Waals surface area contributed by atoms with Gasteiger partial charge in [-0.25, -0.2) is 14.4 Å². The number of aliphatic hydroxyl groups is 1. The Hall–Kier alpha value is -3.29. The molecule has 13 heteroatoms. The number of β-lactam (4-membered cyclic amide) rings is 1. The molecule has 3 saturated heterocycles. The highest BCUT2D eigenvalue weighted by Crippen LogP contribution is 2.52. The second-order valence-corrected chi connectivity index (χ2v) is 11.7. The van der Waals surface area contributed by atoms with E-state index < -0.39 is 30.2 Å². The minimum atomic E-state index is -0.865. The Kier molecular flexibility index (Phi) is 9.82. The zero-order chi connectivity index (χ0) is 29.8. The van der Waals surface area contributed by atoms with Crippen LogP contribution in [0.15, 0.2) is 48.6 Å². The van der Waals surface area contributed by atoms with Gasteiger partial charge in [0.1, 0.15) is 25.5 Å². The summed E-state index contributed by atoms with van der Waals surface area (Å²) in [5, 5.41) is 11.2. The van der Waals surface area contributed by atoms with Crippen molar-refractivity contribution >= 4 is 35.8 Å². The summed E-state index contributed by atoms with van der Waals surface area (Å²) in [7, 11) is 0. The molecule has 0 unspecified atom stereocenters. The smallest absolute Gasteiger partial charge is 0.434 e. The van der Waals surface area contributed by atoms with Crippen molar-refractivity contribution in [3.05, 3.63) is 48.6 Å². The van der Waals surface area contributed by atoms with Crippen LogP contribution in [0.3, 0.4) is 0 Å². The van der Waals surface area contributed by atoms with Crippen molar-refractivity contribution in [2.75, 3.05) is 39.5 Å². The Labute approximate surface area is 243 Å². The van der Waals surface area contributed by atoms with E-state index in [-0.39, 0.29) is 73.7 Å². The molecule has 4 aliphatic heterocycles. The molecular formula is C28H37N3O9S. The number of ether oxygens (including phenoxy) is 3. The van der Waals surface area contributed by atoms with Crippen LogP contribution in [0, 0.1) is 17.8 Å². The zero-order valence-corrected chi connectivity index (χ0v) is 24.1. The summed E-state index contributed by atoms with van der Waals surface area (Å²) in [5.41, 5.74) is 0.181. The van der Waals surface area contributed by atoms with E-state index in [1.807, 2.05) is 6.92 Å². The van der Waals surface area contributed by atoms with Crippen molar-refractivity contribution in [1.82, 2.24) is 14.9 Å². The van der Waals surface area contributed by atoms with Crippen LogP contribution in [0.25, 0.3) is 0 Å². The summed E-state index contributed by atoms with van der Waals surface area (Å²) in [5.74, 6) is -2.00. The molecule has 12 nitrogen and oxygen atoms in total. The molecule has 0 aliphatic carbocycles. The molecule has 224 valence electrons. The van der Waals surface area contributed by atoms with E-state index in [1.54, 1.807) is 11.8 Å². The van der Waals surface area contributed by atoms with Gasteiger partial charge in [0, 0.05) is 34.6 Å². The van der Waals surface area contributed by atoms with Gasteiger partial charge in [-0.05, 0) is 13.3 Å². The van der Waals surface area contributed by atoms with E-state index in [2.05, 4.69) is 19.7 Å². The number of esters is 1. The van der Waals surface area contributed by atoms with Gasteiger partial charge >= 0.3 is 18.2 Å². The van der Waals surface area contributed by atoms with Gasteiger partial charge in [0.25, 0.3) is 0 Å². The van der Waals surface area contributed by atoms with Gasteiger partial charge in [-0.3, -0.25) is 9.63 Å². The minimum Gasteiger partial charge on any atom is -0.457 e. The van der Waals surface area contributed by atoms with Gasteiger partial charge in [-0.1, -0.05) is 44.9 Å². The zero-order valence-electron chi connectivity index (χ0n) is 23.3. The predicted molar refractivity (Wildman–Crippen MR) is 149 cm³/mol. The van der Waals surface area contributed by atoms with E-state index in [9.17, 15) is 24.3 Å². The molecule has 4 heterocycles. The highest BCUT2D eigenvalue weighted by atomic mass is 32.2. The number of nitrogens with zero attached hydrogens (tertiary/aromatic N) is 3. The van der Waals surface area contributed by atoms with Crippen LogP contribution in [-0.4, -0.2) is 107 Å². The molecule has 1 N–H and O–H groups in total.